The third-order valence-electron chi connectivity index (χ3n) is 3.19. The van der Waals surface area contributed by atoms with Gasteiger partial charge in [-0.15, -0.1) is 10.2 Å². The van der Waals surface area contributed by atoms with Gasteiger partial charge < -0.3 is 5.32 Å². The highest BCUT2D eigenvalue weighted by Crippen LogP contribution is 2.16. The van der Waals surface area contributed by atoms with Gasteiger partial charge in [-0.25, -0.2) is 4.98 Å². The van der Waals surface area contributed by atoms with Gasteiger partial charge in [0.2, 0.25) is 0 Å². The van der Waals surface area contributed by atoms with Crippen molar-refractivity contribution in [1.29, 1.82) is 0 Å². The average Bonchev–Trinajstić information content (AvgIpc) is 2.94. The van der Waals surface area contributed by atoms with Crippen molar-refractivity contribution in [1.82, 2.24) is 25.0 Å². The molecule has 1 N–H and O–H groups in total. The normalized spacial score (nSPS) is 10.5. The Bertz CT molecular complexity index is 690. The molecule has 0 unspecified atom stereocenters. The first kappa shape index (κ1) is 13.2. The number of hydrogen-bond donors (Lipinski definition) is 1. The van der Waals surface area contributed by atoms with Crippen molar-refractivity contribution < 1.29 is 0 Å². The SMILES string of the molecule is Cn1ncnc1CCNc1ccc(-c2ccccc2)nn1. The molecule has 0 saturated heterocycles. The van der Waals surface area contributed by atoms with Crippen molar-refractivity contribution in [2.24, 2.45) is 7.05 Å². The van der Waals surface area contributed by atoms with E-state index in [1.54, 1.807) is 11.0 Å². The lowest BCUT2D eigenvalue weighted by molar-refractivity contribution is 0.701. The molecular formula is C15H16N6. The maximum absolute atomic E-state index is 4.24. The number of hydrogen-bond acceptors (Lipinski definition) is 5. The highest BCUT2D eigenvalue weighted by molar-refractivity contribution is 5.59. The van der Waals surface area contributed by atoms with Crippen molar-refractivity contribution >= 4 is 5.82 Å². The third-order valence-corrected chi connectivity index (χ3v) is 3.19. The van der Waals surface area contributed by atoms with Gasteiger partial charge in [-0.3, -0.25) is 4.68 Å². The first-order valence-corrected chi connectivity index (χ1v) is 6.79. The molecular weight excluding hydrogens is 264 g/mol. The Labute approximate surface area is 122 Å². The molecule has 106 valence electrons. The van der Waals surface area contributed by atoms with Gasteiger partial charge in [-0.2, -0.15) is 5.10 Å². The number of aromatic nitrogens is 5. The number of aryl methyl sites for hydroxylation is 1. The van der Waals surface area contributed by atoms with Crippen LogP contribution in [0.4, 0.5) is 5.82 Å². The van der Waals surface area contributed by atoms with Crippen molar-refractivity contribution in [3.05, 3.63) is 54.6 Å². The van der Waals surface area contributed by atoms with Crippen LogP contribution in [0.25, 0.3) is 11.3 Å². The van der Waals surface area contributed by atoms with Crippen LogP contribution in [0.5, 0.6) is 0 Å². The van der Waals surface area contributed by atoms with Gasteiger partial charge in [0.25, 0.3) is 0 Å². The van der Waals surface area contributed by atoms with Crippen LogP contribution in [-0.4, -0.2) is 31.5 Å². The van der Waals surface area contributed by atoms with Crippen LogP contribution in [0, 0.1) is 0 Å². The van der Waals surface area contributed by atoms with Crippen molar-refractivity contribution in [2.45, 2.75) is 6.42 Å². The summed E-state index contributed by atoms with van der Waals surface area (Å²) >= 11 is 0. The lowest BCUT2D eigenvalue weighted by atomic mass is 10.1. The van der Waals surface area contributed by atoms with Crippen molar-refractivity contribution in [3.63, 3.8) is 0 Å². The highest BCUT2D eigenvalue weighted by atomic mass is 15.3. The molecule has 0 aliphatic carbocycles. The van der Waals surface area contributed by atoms with E-state index in [2.05, 4.69) is 25.6 Å². The Balaban J connectivity index is 1.59. The Hall–Kier alpha value is -2.76. The van der Waals surface area contributed by atoms with Gasteiger partial charge in [0.05, 0.1) is 5.69 Å². The summed E-state index contributed by atoms with van der Waals surface area (Å²) < 4.78 is 1.77. The van der Waals surface area contributed by atoms with Crippen LogP contribution >= 0.6 is 0 Å². The number of benzene rings is 1. The highest BCUT2D eigenvalue weighted by Gasteiger charge is 2.02. The fourth-order valence-corrected chi connectivity index (χ4v) is 2.04. The number of nitrogens with zero attached hydrogens (tertiary/aromatic N) is 5. The Morgan fingerprint density at radius 2 is 1.90 bits per heavy atom. The summed E-state index contributed by atoms with van der Waals surface area (Å²) in [5, 5.41) is 15.7. The molecule has 0 bridgehead atoms. The van der Waals surface area contributed by atoms with E-state index < -0.39 is 0 Å². The van der Waals surface area contributed by atoms with Gasteiger partial charge in [0.1, 0.15) is 18.0 Å². The summed E-state index contributed by atoms with van der Waals surface area (Å²) in [5.74, 6) is 1.70. The van der Waals surface area contributed by atoms with Crippen LogP contribution < -0.4 is 5.32 Å². The number of nitrogens with one attached hydrogen (secondary N) is 1. The molecule has 6 heteroatoms. The maximum atomic E-state index is 4.24. The molecule has 2 heterocycles. The first-order valence-electron chi connectivity index (χ1n) is 6.79. The molecule has 2 aromatic heterocycles. The predicted octanol–water partition coefficient (Wildman–Crippen LogP) is 1.93. The zero-order valence-corrected chi connectivity index (χ0v) is 11.8. The van der Waals surface area contributed by atoms with Crippen molar-refractivity contribution in [2.75, 3.05) is 11.9 Å². The van der Waals surface area contributed by atoms with Crippen LogP contribution in [0.15, 0.2) is 48.8 Å². The zero-order valence-electron chi connectivity index (χ0n) is 11.8. The van der Waals surface area contributed by atoms with Crippen molar-refractivity contribution in [3.8, 4) is 11.3 Å². The van der Waals surface area contributed by atoms with Gasteiger partial charge in [0.15, 0.2) is 0 Å². The summed E-state index contributed by atoms with van der Waals surface area (Å²) in [6.07, 6.45) is 2.35. The summed E-state index contributed by atoms with van der Waals surface area (Å²) in [6.45, 7) is 0.742. The van der Waals surface area contributed by atoms with E-state index in [0.29, 0.717) is 0 Å². The van der Waals surface area contributed by atoms with E-state index in [0.717, 1.165) is 35.9 Å². The Morgan fingerprint density at radius 3 is 2.57 bits per heavy atom. The standard InChI is InChI=1S/C15H16N6/c1-21-15(17-11-18-21)9-10-16-14-8-7-13(19-20-14)12-5-3-2-4-6-12/h2-8,11H,9-10H2,1H3,(H,16,20). The minimum Gasteiger partial charge on any atom is -0.368 e. The molecule has 0 atom stereocenters. The Kier molecular flexibility index (Phi) is 3.86. The quantitative estimate of drug-likeness (QED) is 0.773. The summed E-state index contributed by atoms with van der Waals surface area (Å²) in [4.78, 5) is 4.18. The molecule has 0 saturated carbocycles. The maximum Gasteiger partial charge on any atom is 0.148 e. The monoisotopic (exact) mass is 280 g/mol. The van der Waals surface area contributed by atoms with E-state index in [9.17, 15) is 0 Å². The van der Waals surface area contributed by atoms with Gasteiger partial charge in [-0.1, -0.05) is 30.3 Å². The van der Waals surface area contributed by atoms with Gasteiger partial charge >= 0.3 is 0 Å². The van der Waals surface area contributed by atoms with E-state index in [4.69, 9.17) is 0 Å². The predicted molar refractivity (Wildman–Crippen MR) is 80.7 cm³/mol. The topological polar surface area (TPSA) is 68.5 Å². The lowest BCUT2D eigenvalue weighted by Crippen LogP contribution is -2.10. The molecule has 0 radical (unpaired) electrons. The van der Waals surface area contributed by atoms with Crippen LogP contribution in [0.1, 0.15) is 5.82 Å². The summed E-state index contributed by atoms with van der Waals surface area (Å²) in [5.41, 5.74) is 1.94. The number of anilines is 1. The smallest absolute Gasteiger partial charge is 0.148 e. The van der Waals surface area contributed by atoms with Gasteiger partial charge in [0, 0.05) is 25.6 Å². The molecule has 6 nitrogen and oxygen atoms in total. The fraction of sp³-hybridized carbons (Fsp3) is 0.200. The number of rotatable bonds is 5. The largest absolute Gasteiger partial charge is 0.368 e. The second kappa shape index (κ2) is 6.13. The zero-order chi connectivity index (χ0) is 14.5. The van der Waals surface area contributed by atoms with Crippen LogP contribution in [0.2, 0.25) is 0 Å². The van der Waals surface area contributed by atoms with Gasteiger partial charge in [-0.05, 0) is 12.1 Å². The van der Waals surface area contributed by atoms with E-state index >= 15 is 0 Å². The summed E-state index contributed by atoms with van der Waals surface area (Å²) in [7, 11) is 1.89. The lowest BCUT2D eigenvalue weighted by Gasteiger charge is -2.05. The molecule has 0 aliphatic heterocycles. The molecule has 0 spiro atoms. The molecule has 21 heavy (non-hydrogen) atoms. The minimum absolute atomic E-state index is 0.742. The summed E-state index contributed by atoms with van der Waals surface area (Å²) in [6, 6.07) is 13.9. The van der Waals surface area contributed by atoms with Crippen LogP contribution in [-0.2, 0) is 13.5 Å². The molecule has 0 aliphatic rings. The molecule has 3 aromatic rings. The molecule has 3 rings (SSSR count). The van der Waals surface area contributed by atoms with Crippen LogP contribution in [0.3, 0.4) is 0 Å². The Morgan fingerprint density at radius 1 is 1.05 bits per heavy atom. The molecule has 0 amide bonds. The first-order chi connectivity index (χ1) is 10.3. The average molecular weight is 280 g/mol. The van der Waals surface area contributed by atoms with E-state index in [1.807, 2.05) is 49.5 Å². The molecule has 0 fully saturated rings. The molecule has 1 aromatic carbocycles. The third kappa shape index (κ3) is 3.22. The van der Waals surface area contributed by atoms with E-state index in [1.165, 1.54) is 0 Å². The second-order valence-electron chi connectivity index (χ2n) is 4.65. The second-order valence-corrected chi connectivity index (χ2v) is 4.65. The fourth-order valence-electron chi connectivity index (χ4n) is 2.04. The van der Waals surface area contributed by atoms with E-state index in [-0.39, 0.29) is 0 Å². The minimum atomic E-state index is 0.742.